The standard InChI is InChI=1S/C15H18N2O2S2/c1-10(2)11(17-15(19)13-6-4-8-21-13)9-16-14(18)12-5-3-7-20-12/h3-8,10-11H,9H2,1-2H3,(H,16,18)(H,17,19)/t11-/m0/s1. The Morgan fingerprint density at radius 2 is 1.62 bits per heavy atom. The number of carbonyl (C=O) groups is 2. The van der Waals surface area contributed by atoms with Gasteiger partial charge in [-0.2, -0.15) is 0 Å². The van der Waals surface area contributed by atoms with E-state index in [0.29, 0.717) is 16.3 Å². The third kappa shape index (κ3) is 4.41. The molecule has 21 heavy (non-hydrogen) atoms. The number of carbonyl (C=O) groups excluding carboxylic acids is 2. The van der Waals surface area contributed by atoms with E-state index in [1.807, 2.05) is 36.7 Å². The summed E-state index contributed by atoms with van der Waals surface area (Å²) in [5.74, 6) is 0.0487. The van der Waals surface area contributed by atoms with Crippen LogP contribution in [-0.2, 0) is 0 Å². The van der Waals surface area contributed by atoms with E-state index >= 15 is 0 Å². The lowest BCUT2D eigenvalue weighted by molar-refractivity contribution is 0.0901. The lowest BCUT2D eigenvalue weighted by Crippen LogP contribution is -2.46. The van der Waals surface area contributed by atoms with Gasteiger partial charge in [-0.15, -0.1) is 22.7 Å². The molecule has 0 aliphatic heterocycles. The van der Waals surface area contributed by atoms with Crippen molar-refractivity contribution >= 4 is 34.5 Å². The van der Waals surface area contributed by atoms with Crippen LogP contribution in [0.15, 0.2) is 35.0 Å². The zero-order valence-electron chi connectivity index (χ0n) is 12.0. The molecule has 0 unspecified atom stereocenters. The monoisotopic (exact) mass is 322 g/mol. The van der Waals surface area contributed by atoms with Crippen LogP contribution in [-0.4, -0.2) is 24.4 Å². The Balaban J connectivity index is 1.90. The van der Waals surface area contributed by atoms with Crippen molar-refractivity contribution in [3.8, 4) is 0 Å². The summed E-state index contributed by atoms with van der Waals surface area (Å²) in [6, 6.07) is 7.18. The van der Waals surface area contributed by atoms with Crippen molar-refractivity contribution < 1.29 is 9.59 Å². The summed E-state index contributed by atoms with van der Waals surface area (Å²) < 4.78 is 0. The van der Waals surface area contributed by atoms with Gasteiger partial charge >= 0.3 is 0 Å². The molecule has 2 heterocycles. The fourth-order valence-electron chi connectivity index (χ4n) is 1.80. The number of amides is 2. The van der Waals surface area contributed by atoms with Crippen LogP contribution < -0.4 is 10.6 Å². The van der Waals surface area contributed by atoms with Crippen molar-refractivity contribution in [3.05, 3.63) is 44.8 Å². The highest BCUT2D eigenvalue weighted by atomic mass is 32.1. The molecule has 0 aromatic carbocycles. The Hall–Kier alpha value is -1.66. The van der Waals surface area contributed by atoms with Crippen molar-refractivity contribution in [2.24, 2.45) is 5.92 Å². The molecule has 4 nitrogen and oxygen atoms in total. The van der Waals surface area contributed by atoms with Gasteiger partial charge in [0.25, 0.3) is 11.8 Å². The van der Waals surface area contributed by atoms with Gasteiger partial charge in [0.2, 0.25) is 0 Å². The van der Waals surface area contributed by atoms with Gasteiger partial charge < -0.3 is 10.6 Å². The Morgan fingerprint density at radius 1 is 1.05 bits per heavy atom. The lowest BCUT2D eigenvalue weighted by atomic mass is 10.0. The van der Waals surface area contributed by atoms with Gasteiger partial charge in [-0.3, -0.25) is 9.59 Å². The normalized spacial score (nSPS) is 12.1. The van der Waals surface area contributed by atoms with E-state index in [9.17, 15) is 9.59 Å². The van der Waals surface area contributed by atoms with E-state index in [0.717, 1.165) is 0 Å². The highest BCUT2D eigenvalue weighted by Gasteiger charge is 2.19. The molecule has 2 rings (SSSR count). The second-order valence-corrected chi connectivity index (χ2v) is 6.88. The minimum Gasteiger partial charge on any atom is -0.349 e. The first-order valence-electron chi connectivity index (χ1n) is 6.74. The first kappa shape index (κ1) is 15.7. The topological polar surface area (TPSA) is 58.2 Å². The van der Waals surface area contributed by atoms with E-state index in [2.05, 4.69) is 10.6 Å². The van der Waals surface area contributed by atoms with Gasteiger partial charge in [0, 0.05) is 12.6 Å². The zero-order chi connectivity index (χ0) is 15.2. The molecule has 0 radical (unpaired) electrons. The Morgan fingerprint density at radius 3 is 2.10 bits per heavy atom. The van der Waals surface area contributed by atoms with Crippen LogP contribution in [0.25, 0.3) is 0 Å². The maximum Gasteiger partial charge on any atom is 0.261 e. The van der Waals surface area contributed by atoms with Crippen LogP contribution in [0.1, 0.15) is 33.2 Å². The summed E-state index contributed by atoms with van der Waals surface area (Å²) in [5.41, 5.74) is 0. The third-order valence-corrected chi connectivity index (χ3v) is 4.83. The summed E-state index contributed by atoms with van der Waals surface area (Å²) in [5, 5.41) is 9.60. The predicted octanol–water partition coefficient (Wildman–Crippen LogP) is 2.99. The van der Waals surface area contributed by atoms with Crippen molar-refractivity contribution in [2.75, 3.05) is 6.54 Å². The molecule has 112 valence electrons. The molecule has 2 amide bonds. The minimum absolute atomic E-state index is 0.0888. The maximum absolute atomic E-state index is 12.1. The van der Waals surface area contributed by atoms with Gasteiger partial charge in [0.15, 0.2) is 0 Å². The smallest absolute Gasteiger partial charge is 0.261 e. The number of rotatable bonds is 6. The molecule has 6 heteroatoms. The largest absolute Gasteiger partial charge is 0.349 e. The molecule has 0 bridgehead atoms. The first-order chi connectivity index (χ1) is 10.1. The fourth-order valence-corrected chi connectivity index (χ4v) is 3.07. The Kier molecular flexibility index (Phi) is 5.52. The molecule has 0 fully saturated rings. The molecule has 2 N–H and O–H groups in total. The second-order valence-electron chi connectivity index (χ2n) is 4.99. The molecule has 2 aromatic rings. The Bertz CT molecular complexity index is 577. The van der Waals surface area contributed by atoms with Crippen LogP contribution in [0.4, 0.5) is 0 Å². The number of hydrogen-bond acceptors (Lipinski definition) is 4. The average Bonchev–Trinajstić information content (AvgIpc) is 3.14. The molecular weight excluding hydrogens is 304 g/mol. The van der Waals surface area contributed by atoms with Crippen LogP contribution in [0.2, 0.25) is 0 Å². The average molecular weight is 322 g/mol. The Labute approximate surface area is 132 Å². The lowest BCUT2D eigenvalue weighted by Gasteiger charge is -2.22. The van der Waals surface area contributed by atoms with E-state index in [1.165, 1.54) is 22.7 Å². The molecule has 0 aliphatic rings. The van der Waals surface area contributed by atoms with Crippen molar-refractivity contribution in [1.29, 1.82) is 0 Å². The van der Waals surface area contributed by atoms with Crippen LogP contribution >= 0.6 is 22.7 Å². The fraction of sp³-hybridized carbons (Fsp3) is 0.333. The van der Waals surface area contributed by atoms with Crippen LogP contribution in [0.5, 0.6) is 0 Å². The van der Waals surface area contributed by atoms with Crippen LogP contribution in [0.3, 0.4) is 0 Å². The predicted molar refractivity (Wildman–Crippen MR) is 87.1 cm³/mol. The molecular formula is C15H18N2O2S2. The van der Waals surface area contributed by atoms with Gasteiger partial charge in [-0.1, -0.05) is 26.0 Å². The van der Waals surface area contributed by atoms with Crippen LogP contribution in [0, 0.1) is 5.92 Å². The van der Waals surface area contributed by atoms with E-state index in [1.54, 1.807) is 12.1 Å². The summed E-state index contributed by atoms with van der Waals surface area (Å²) in [6.45, 7) is 4.47. The summed E-state index contributed by atoms with van der Waals surface area (Å²) >= 11 is 2.81. The molecule has 0 aliphatic carbocycles. The minimum atomic E-state index is -0.0963. The van der Waals surface area contributed by atoms with Gasteiger partial charge in [-0.05, 0) is 28.8 Å². The molecule has 0 saturated heterocycles. The van der Waals surface area contributed by atoms with E-state index in [-0.39, 0.29) is 23.8 Å². The highest BCUT2D eigenvalue weighted by Crippen LogP contribution is 2.11. The number of hydrogen-bond donors (Lipinski definition) is 2. The first-order valence-corrected chi connectivity index (χ1v) is 8.50. The van der Waals surface area contributed by atoms with Crippen molar-refractivity contribution in [2.45, 2.75) is 19.9 Å². The molecule has 2 aromatic heterocycles. The van der Waals surface area contributed by atoms with Crippen molar-refractivity contribution in [1.82, 2.24) is 10.6 Å². The maximum atomic E-state index is 12.1. The second kappa shape index (κ2) is 7.38. The third-order valence-electron chi connectivity index (χ3n) is 3.09. The molecule has 1 atom stereocenters. The van der Waals surface area contributed by atoms with Gasteiger partial charge in [0.05, 0.1) is 9.75 Å². The molecule has 0 spiro atoms. The molecule has 0 saturated carbocycles. The summed E-state index contributed by atoms with van der Waals surface area (Å²) in [7, 11) is 0. The quantitative estimate of drug-likeness (QED) is 0.859. The van der Waals surface area contributed by atoms with Gasteiger partial charge in [0.1, 0.15) is 0 Å². The number of nitrogens with one attached hydrogen (secondary N) is 2. The van der Waals surface area contributed by atoms with E-state index < -0.39 is 0 Å². The zero-order valence-corrected chi connectivity index (χ0v) is 13.6. The van der Waals surface area contributed by atoms with Crippen molar-refractivity contribution in [3.63, 3.8) is 0 Å². The van der Waals surface area contributed by atoms with Gasteiger partial charge in [-0.25, -0.2) is 0 Å². The SMILES string of the molecule is CC(C)[C@H](CNC(=O)c1cccs1)NC(=O)c1cccs1. The summed E-state index contributed by atoms with van der Waals surface area (Å²) in [4.78, 5) is 25.4. The highest BCUT2D eigenvalue weighted by molar-refractivity contribution is 7.12. The summed E-state index contributed by atoms with van der Waals surface area (Å²) in [6.07, 6.45) is 0. The number of thiophene rings is 2. The van der Waals surface area contributed by atoms with E-state index in [4.69, 9.17) is 0 Å².